The Morgan fingerprint density at radius 2 is 1.76 bits per heavy atom. The minimum Gasteiger partial charge on any atom is -0.355 e. The molecule has 0 aliphatic rings. The molecular weight excluding hydrogens is 264 g/mol. The van der Waals surface area contributed by atoms with Gasteiger partial charge in [0.05, 0.1) is 17.9 Å². The molecule has 2 aromatic rings. The molecule has 2 aromatic carbocycles. The molecule has 0 unspecified atom stereocenters. The molecule has 0 aromatic heterocycles. The van der Waals surface area contributed by atoms with Gasteiger partial charge in [0.2, 0.25) is 0 Å². The van der Waals surface area contributed by atoms with Gasteiger partial charge in [-0.15, -0.1) is 0 Å². The molecule has 21 heavy (non-hydrogen) atoms. The second-order valence-corrected chi connectivity index (χ2v) is 4.78. The molecule has 4 heteroatoms. The highest BCUT2D eigenvalue weighted by Gasteiger charge is 2.11. The predicted molar refractivity (Wildman–Crippen MR) is 84.7 cm³/mol. The lowest BCUT2D eigenvalue weighted by Gasteiger charge is -2.14. The minimum absolute atomic E-state index is 0.259. The van der Waals surface area contributed by atoms with Crippen LogP contribution in [0, 0.1) is 13.8 Å². The van der Waals surface area contributed by atoms with Crippen molar-refractivity contribution in [3.63, 3.8) is 0 Å². The lowest BCUT2D eigenvalue weighted by molar-refractivity contribution is 0.0365. The maximum Gasteiger partial charge on any atom is 0.276 e. The van der Waals surface area contributed by atoms with Crippen LogP contribution in [-0.2, 0) is 4.84 Å². The van der Waals surface area contributed by atoms with Crippen LogP contribution in [0.5, 0.6) is 0 Å². The average Bonchev–Trinajstić information content (AvgIpc) is 2.50. The van der Waals surface area contributed by atoms with Crippen LogP contribution in [0.25, 0.3) is 0 Å². The van der Waals surface area contributed by atoms with Gasteiger partial charge in [0, 0.05) is 5.69 Å². The summed E-state index contributed by atoms with van der Waals surface area (Å²) >= 11 is 0. The molecule has 0 saturated carbocycles. The fourth-order valence-corrected chi connectivity index (χ4v) is 2.01. The van der Waals surface area contributed by atoms with Crippen LogP contribution < -0.4 is 10.8 Å². The first-order valence-corrected chi connectivity index (χ1v) is 6.98. The van der Waals surface area contributed by atoms with Crippen LogP contribution in [0.2, 0.25) is 0 Å². The maximum atomic E-state index is 12.1. The van der Waals surface area contributed by atoms with Gasteiger partial charge in [0.25, 0.3) is 5.91 Å². The van der Waals surface area contributed by atoms with E-state index in [2.05, 4.69) is 30.7 Å². The van der Waals surface area contributed by atoms with Crippen LogP contribution in [0.15, 0.2) is 42.5 Å². The van der Waals surface area contributed by atoms with Gasteiger partial charge < -0.3 is 5.32 Å². The number of aryl methyl sites for hydroxylation is 1. The Kier molecular flexibility index (Phi) is 4.95. The van der Waals surface area contributed by atoms with Gasteiger partial charge in [0.15, 0.2) is 0 Å². The quantitative estimate of drug-likeness (QED) is 0.823. The first-order chi connectivity index (χ1) is 10.1. The van der Waals surface area contributed by atoms with E-state index in [1.54, 1.807) is 6.07 Å². The molecule has 0 bridgehead atoms. The Labute approximate surface area is 125 Å². The summed E-state index contributed by atoms with van der Waals surface area (Å²) in [5, 5.41) is 3.32. The summed E-state index contributed by atoms with van der Waals surface area (Å²) in [6.07, 6.45) is 0. The van der Waals surface area contributed by atoms with Crippen molar-refractivity contribution in [1.29, 1.82) is 0 Å². The number of rotatable bonds is 5. The van der Waals surface area contributed by atoms with Crippen molar-refractivity contribution in [2.24, 2.45) is 0 Å². The number of amides is 1. The Morgan fingerprint density at radius 1 is 1.05 bits per heavy atom. The topological polar surface area (TPSA) is 50.4 Å². The zero-order valence-electron chi connectivity index (χ0n) is 12.6. The Morgan fingerprint density at radius 3 is 2.52 bits per heavy atom. The van der Waals surface area contributed by atoms with Crippen molar-refractivity contribution >= 4 is 17.3 Å². The number of hydroxylamine groups is 1. The second-order valence-electron chi connectivity index (χ2n) is 4.78. The average molecular weight is 284 g/mol. The van der Waals surface area contributed by atoms with Crippen LogP contribution >= 0.6 is 0 Å². The van der Waals surface area contributed by atoms with E-state index in [1.807, 2.05) is 37.3 Å². The standard InChI is InChI=1S/C17H20N2O2/c1-4-21-19-17(20)14-9-5-6-10-16(14)18-15-11-7-8-12(2)13(15)3/h5-11,18H,4H2,1-3H3,(H,19,20). The molecule has 0 aliphatic heterocycles. The Balaban J connectivity index is 2.28. The van der Waals surface area contributed by atoms with E-state index in [4.69, 9.17) is 4.84 Å². The number of carbonyl (C=O) groups excluding carboxylic acids is 1. The molecule has 2 N–H and O–H groups in total. The molecule has 2 rings (SSSR count). The number of nitrogens with one attached hydrogen (secondary N) is 2. The molecule has 110 valence electrons. The van der Waals surface area contributed by atoms with Gasteiger partial charge in [-0.1, -0.05) is 24.3 Å². The third-order valence-corrected chi connectivity index (χ3v) is 3.35. The molecule has 0 atom stereocenters. The number of para-hydroxylation sites is 1. The Bertz CT molecular complexity index is 638. The highest BCUT2D eigenvalue weighted by atomic mass is 16.6. The van der Waals surface area contributed by atoms with E-state index in [0.717, 1.165) is 16.9 Å². The van der Waals surface area contributed by atoms with Gasteiger partial charge in [-0.2, -0.15) is 0 Å². The van der Waals surface area contributed by atoms with E-state index >= 15 is 0 Å². The van der Waals surface area contributed by atoms with E-state index in [-0.39, 0.29) is 5.91 Å². The van der Waals surface area contributed by atoms with E-state index < -0.39 is 0 Å². The summed E-state index contributed by atoms with van der Waals surface area (Å²) in [4.78, 5) is 17.1. The molecule has 0 fully saturated rings. The lowest BCUT2D eigenvalue weighted by Crippen LogP contribution is -2.24. The van der Waals surface area contributed by atoms with Gasteiger partial charge in [-0.3, -0.25) is 9.63 Å². The van der Waals surface area contributed by atoms with E-state index in [9.17, 15) is 4.79 Å². The fourth-order valence-electron chi connectivity index (χ4n) is 2.01. The van der Waals surface area contributed by atoms with Crippen LogP contribution in [0.1, 0.15) is 28.4 Å². The normalized spacial score (nSPS) is 10.2. The number of hydrogen-bond acceptors (Lipinski definition) is 3. The van der Waals surface area contributed by atoms with Crippen molar-refractivity contribution in [3.05, 3.63) is 59.2 Å². The van der Waals surface area contributed by atoms with E-state index in [0.29, 0.717) is 12.2 Å². The van der Waals surface area contributed by atoms with Crippen molar-refractivity contribution in [2.75, 3.05) is 11.9 Å². The molecule has 4 nitrogen and oxygen atoms in total. The lowest BCUT2D eigenvalue weighted by atomic mass is 10.1. The van der Waals surface area contributed by atoms with Crippen LogP contribution in [0.3, 0.4) is 0 Å². The van der Waals surface area contributed by atoms with Crippen LogP contribution in [-0.4, -0.2) is 12.5 Å². The molecule has 0 radical (unpaired) electrons. The number of benzene rings is 2. The largest absolute Gasteiger partial charge is 0.355 e. The summed E-state index contributed by atoms with van der Waals surface area (Å²) in [6.45, 7) is 6.37. The monoisotopic (exact) mass is 284 g/mol. The number of anilines is 2. The maximum absolute atomic E-state index is 12.1. The molecule has 0 aliphatic carbocycles. The van der Waals surface area contributed by atoms with Crippen molar-refractivity contribution < 1.29 is 9.63 Å². The van der Waals surface area contributed by atoms with Crippen molar-refractivity contribution in [2.45, 2.75) is 20.8 Å². The SMILES string of the molecule is CCONC(=O)c1ccccc1Nc1cccc(C)c1C. The molecule has 0 spiro atoms. The number of hydrogen-bond donors (Lipinski definition) is 2. The predicted octanol–water partition coefficient (Wildman–Crippen LogP) is 3.73. The van der Waals surface area contributed by atoms with E-state index in [1.165, 1.54) is 5.56 Å². The smallest absolute Gasteiger partial charge is 0.276 e. The fraction of sp³-hybridized carbons (Fsp3) is 0.235. The van der Waals surface area contributed by atoms with Gasteiger partial charge in [0.1, 0.15) is 0 Å². The highest BCUT2D eigenvalue weighted by Crippen LogP contribution is 2.25. The summed E-state index contributed by atoms with van der Waals surface area (Å²) < 4.78 is 0. The summed E-state index contributed by atoms with van der Waals surface area (Å²) in [5.41, 5.74) is 7.08. The first kappa shape index (κ1) is 15.1. The zero-order valence-corrected chi connectivity index (χ0v) is 12.6. The third kappa shape index (κ3) is 3.61. The van der Waals surface area contributed by atoms with Crippen molar-refractivity contribution in [3.8, 4) is 0 Å². The zero-order chi connectivity index (χ0) is 15.2. The van der Waals surface area contributed by atoms with Crippen LogP contribution in [0.4, 0.5) is 11.4 Å². The minimum atomic E-state index is -0.259. The Hall–Kier alpha value is -2.33. The molecule has 1 amide bonds. The summed E-state index contributed by atoms with van der Waals surface area (Å²) in [7, 11) is 0. The van der Waals surface area contributed by atoms with Gasteiger partial charge in [-0.05, 0) is 50.1 Å². The summed E-state index contributed by atoms with van der Waals surface area (Å²) in [6, 6.07) is 13.4. The highest BCUT2D eigenvalue weighted by molar-refractivity contribution is 5.99. The molecule has 0 saturated heterocycles. The first-order valence-electron chi connectivity index (χ1n) is 6.98. The molecule has 0 heterocycles. The van der Waals surface area contributed by atoms with Gasteiger partial charge in [-0.25, -0.2) is 5.48 Å². The number of carbonyl (C=O) groups is 1. The second kappa shape index (κ2) is 6.90. The molecular formula is C17H20N2O2. The third-order valence-electron chi connectivity index (χ3n) is 3.35. The van der Waals surface area contributed by atoms with Gasteiger partial charge >= 0.3 is 0 Å². The van der Waals surface area contributed by atoms with Crippen molar-refractivity contribution in [1.82, 2.24) is 5.48 Å². The summed E-state index contributed by atoms with van der Waals surface area (Å²) in [5.74, 6) is -0.259.